The molecule has 0 radical (unpaired) electrons. The van der Waals surface area contributed by atoms with Gasteiger partial charge in [0.05, 0.1) is 5.69 Å². The van der Waals surface area contributed by atoms with Gasteiger partial charge in [-0.05, 0) is 62.1 Å². The average Bonchev–Trinajstić information content (AvgIpc) is 2.79. The molecule has 0 aliphatic carbocycles. The predicted octanol–water partition coefficient (Wildman–Crippen LogP) is 4.35. The molecule has 0 N–H and O–H groups in total. The van der Waals surface area contributed by atoms with Crippen LogP contribution in [-0.4, -0.2) is 38.8 Å². The minimum atomic E-state index is 0.104. The first-order valence-electron chi connectivity index (χ1n) is 10.7. The third-order valence-corrected chi connectivity index (χ3v) is 5.71. The zero-order valence-corrected chi connectivity index (χ0v) is 17.7. The van der Waals surface area contributed by atoms with Crippen LogP contribution in [0.4, 0.5) is 0 Å². The van der Waals surface area contributed by atoms with Gasteiger partial charge >= 0.3 is 0 Å². The summed E-state index contributed by atoms with van der Waals surface area (Å²) in [5.74, 6) is 1.12. The van der Waals surface area contributed by atoms with Crippen molar-refractivity contribution in [2.75, 3.05) is 13.1 Å². The summed E-state index contributed by atoms with van der Waals surface area (Å²) in [6, 6.07) is 15.8. The van der Waals surface area contributed by atoms with E-state index in [0.29, 0.717) is 13.0 Å². The summed E-state index contributed by atoms with van der Waals surface area (Å²) in [4.78, 5) is 28.8. The Morgan fingerprint density at radius 2 is 1.93 bits per heavy atom. The summed E-state index contributed by atoms with van der Waals surface area (Å²) in [5, 5.41) is 0. The standard InChI is InChI=1S/C25H28N4O/c1-3-19-11-12-26-22(14-19)15-23-16-24(28-18(2)27-23)21-10-7-13-29(17-21)25(30)20-8-5-4-6-9-20/h4-6,8-9,11-12,14,16,21H,3,7,10,13,15,17H2,1-2H3. The van der Waals surface area contributed by atoms with Crippen LogP contribution in [0.5, 0.6) is 0 Å². The van der Waals surface area contributed by atoms with E-state index in [-0.39, 0.29) is 11.8 Å². The molecule has 2 aromatic heterocycles. The fourth-order valence-corrected chi connectivity index (χ4v) is 4.15. The zero-order valence-electron chi connectivity index (χ0n) is 17.7. The van der Waals surface area contributed by atoms with Crippen LogP contribution < -0.4 is 0 Å². The van der Waals surface area contributed by atoms with Crippen LogP contribution in [-0.2, 0) is 12.8 Å². The summed E-state index contributed by atoms with van der Waals surface area (Å²) < 4.78 is 0. The molecule has 0 spiro atoms. The molecule has 3 aromatic rings. The lowest BCUT2D eigenvalue weighted by Gasteiger charge is -2.32. The van der Waals surface area contributed by atoms with E-state index in [1.165, 1.54) is 5.56 Å². The normalized spacial score (nSPS) is 16.5. The molecular formula is C25H28N4O. The topological polar surface area (TPSA) is 59.0 Å². The second kappa shape index (κ2) is 9.16. The highest BCUT2D eigenvalue weighted by atomic mass is 16.2. The van der Waals surface area contributed by atoms with E-state index in [9.17, 15) is 4.79 Å². The van der Waals surface area contributed by atoms with Crippen LogP contribution in [0, 0.1) is 6.92 Å². The Morgan fingerprint density at radius 3 is 2.73 bits per heavy atom. The van der Waals surface area contributed by atoms with E-state index >= 15 is 0 Å². The third-order valence-electron chi connectivity index (χ3n) is 5.71. The molecule has 30 heavy (non-hydrogen) atoms. The number of aryl methyl sites for hydroxylation is 2. The van der Waals surface area contributed by atoms with Gasteiger partial charge in [0.15, 0.2) is 0 Å². The van der Waals surface area contributed by atoms with Crippen LogP contribution >= 0.6 is 0 Å². The molecule has 5 heteroatoms. The Morgan fingerprint density at radius 1 is 1.10 bits per heavy atom. The lowest BCUT2D eigenvalue weighted by molar-refractivity contribution is 0.0706. The summed E-state index contributed by atoms with van der Waals surface area (Å²) in [6.45, 7) is 5.60. The molecule has 1 fully saturated rings. The number of carbonyl (C=O) groups is 1. The molecule has 1 saturated heterocycles. The molecule has 154 valence electrons. The molecule has 1 aliphatic rings. The number of pyridine rings is 1. The number of nitrogens with zero attached hydrogens (tertiary/aromatic N) is 4. The molecule has 5 nitrogen and oxygen atoms in total. The van der Waals surface area contributed by atoms with Crippen molar-refractivity contribution in [3.05, 3.63) is 88.8 Å². The van der Waals surface area contributed by atoms with Crippen molar-refractivity contribution >= 4 is 5.91 Å². The molecule has 0 saturated carbocycles. The molecule has 3 heterocycles. The van der Waals surface area contributed by atoms with Crippen molar-refractivity contribution in [3.8, 4) is 0 Å². The smallest absolute Gasteiger partial charge is 0.253 e. The summed E-state index contributed by atoms with van der Waals surface area (Å²) in [6.07, 6.45) is 5.59. The average molecular weight is 401 g/mol. The van der Waals surface area contributed by atoms with Gasteiger partial charge in [-0.2, -0.15) is 0 Å². The maximum absolute atomic E-state index is 12.9. The van der Waals surface area contributed by atoms with Crippen LogP contribution in [0.1, 0.15) is 64.5 Å². The molecule has 1 aliphatic heterocycles. The van der Waals surface area contributed by atoms with Gasteiger partial charge in [-0.25, -0.2) is 9.97 Å². The van der Waals surface area contributed by atoms with Crippen molar-refractivity contribution in [1.82, 2.24) is 19.9 Å². The quantitative estimate of drug-likeness (QED) is 0.639. The van der Waals surface area contributed by atoms with E-state index in [4.69, 9.17) is 4.98 Å². The van der Waals surface area contributed by atoms with E-state index < -0.39 is 0 Å². The van der Waals surface area contributed by atoms with Gasteiger partial charge in [0.1, 0.15) is 5.82 Å². The van der Waals surface area contributed by atoms with Gasteiger partial charge < -0.3 is 4.90 Å². The molecule has 0 bridgehead atoms. The Hall–Kier alpha value is -3.08. The number of amides is 1. The van der Waals surface area contributed by atoms with Gasteiger partial charge in [-0.1, -0.05) is 25.1 Å². The number of hydrogen-bond donors (Lipinski definition) is 0. The van der Waals surface area contributed by atoms with Crippen molar-refractivity contribution in [2.24, 2.45) is 0 Å². The van der Waals surface area contributed by atoms with E-state index in [1.54, 1.807) is 0 Å². The molecule has 4 rings (SSSR count). The van der Waals surface area contributed by atoms with E-state index in [0.717, 1.165) is 54.3 Å². The van der Waals surface area contributed by atoms with Gasteiger partial charge in [0.2, 0.25) is 0 Å². The first-order valence-corrected chi connectivity index (χ1v) is 10.7. The fourth-order valence-electron chi connectivity index (χ4n) is 4.15. The maximum Gasteiger partial charge on any atom is 0.253 e. The van der Waals surface area contributed by atoms with E-state index in [2.05, 4.69) is 35.1 Å². The van der Waals surface area contributed by atoms with Crippen molar-refractivity contribution in [1.29, 1.82) is 0 Å². The number of hydrogen-bond acceptors (Lipinski definition) is 4. The Balaban J connectivity index is 1.52. The van der Waals surface area contributed by atoms with Crippen LogP contribution in [0.25, 0.3) is 0 Å². The number of carbonyl (C=O) groups excluding carboxylic acids is 1. The van der Waals surface area contributed by atoms with E-state index in [1.807, 2.05) is 48.4 Å². The Labute approximate surface area is 178 Å². The number of likely N-dealkylation sites (tertiary alicyclic amines) is 1. The highest BCUT2D eigenvalue weighted by Gasteiger charge is 2.26. The van der Waals surface area contributed by atoms with Crippen LogP contribution in [0.3, 0.4) is 0 Å². The molecule has 1 unspecified atom stereocenters. The monoisotopic (exact) mass is 400 g/mol. The summed E-state index contributed by atoms with van der Waals surface area (Å²) in [5.41, 5.74) is 5.09. The third kappa shape index (κ3) is 4.73. The second-order valence-corrected chi connectivity index (χ2v) is 7.97. The van der Waals surface area contributed by atoms with Crippen molar-refractivity contribution in [3.63, 3.8) is 0 Å². The predicted molar refractivity (Wildman–Crippen MR) is 118 cm³/mol. The molecule has 1 amide bonds. The van der Waals surface area contributed by atoms with Gasteiger partial charge in [0, 0.05) is 48.6 Å². The molecule has 1 atom stereocenters. The minimum Gasteiger partial charge on any atom is -0.338 e. The van der Waals surface area contributed by atoms with Crippen molar-refractivity contribution in [2.45, 2.75) is 45.4 Å². The molecular weight excluding hydrogens is 372 g/mol. The lowest BCUT2D eigenvalue weighted by atomic mass is 9.93. The summed E-state index contributed by atoms with van der Waals surface area (Å²) >= 11 is 0. The maximum atomic E-state index is 12.9. The first-order chi connectivity index (χ1) is 14.6. The first kappa shape index (κ1) is 20.2. The Kier molecular flexibility index (Phi) is 6.17. The van der Waals surface area contributed by atoms with Gasteiger partial charge in [-0.15, -0.1) is 0 Å². The van der Waals surface area contributed by atoms with Crippen LogP contribution in [0.15, 0.2) is 54.7 Å². The summed E-state index contributed by atoms with van der Waals surface area (Å²) in [7, 11) is 0. The zero-order chi connectivity index (χ0) is 20.9. The SMILES string of the molecule is CCc1ccnc(Cc2cc(C3CCCN(C(=O)c4ccccc4)C3)nc(C)n2)c1. The second-order valence-electron chi connectivity index (χ2n) is 7.97. The lowest BCUT2D eigenvalue weighted by Crippen LogP contribution is -2.39. The minimum absolute atomic E-state index is 0.104. The Bertz CT molecular complexity index is 1020. The number of piperidine rings is 1. The highest BCUT2D eigenvalue weighted by Crippen LogP contribution is 2.27. The fraction of sp³-hybridized carbons (Fsp3) is 0.360. The number of aromatic nitrogens is 3. The van der Waals surface area contributed by atoms with Crippen LogP contribution in [0.2, 0.25) is 0 Å². The highest BCUT2D eigenvalue weighted by molar-refractivity contribution is 5.94. The number of benzene rings is 1. The van der Waals surface area contributed by atoms with Gasteiger partial charge in [0.25, 0.3) is 5.91 Å². The molecule has 1 aromatic carbocycles. The van der Waals surface area contributed by atoms with Crippen molar-refractivity contribution < 1.29 is 4.79 Å². The van der Waals surface area contributed by atoms with Gasteiger partial charge in [-0.3, -0.25) is 9.78 Å². The largest absolute Gasteiger partial charge is 0.338 e. The number of rotatable bonds is 5.